The van der Waals surface area contributed by atoms with Crippen LogP contribution in [0.1, 0.15) is 0 Å². The number of fused-ring (bicyclic) bond motifs is 9. The zero-order valence-corrected chi connectivity index (χ0v) is 26.3. The molecule has 0 saturated heterocycles. The van der Waals surface area contributed by atoms with Crippen molar-refractivity contribution in [3.63, 3.8) is 0 Å². The van der Waals surface area contributed by atoms with Gasteiger partial charge in [-0.2, -0.15) is 0 Å². The second-order valence-electron chi connectivity index (χ2n) is 12.3. The molecule has 4 nitrogen and oxygen atoms in total. The van der Waals surface area contributed by atoms with Crippen LogP contribution in [0.5, 0.6) is 0 Å². The number of hydrogen-bond acceptors (Lipinski definition) is 5. The van der Waals surface area contributed by atoms with Gasteiger partial charge < -0.3 is 4.42 Å². The zero-order valence-electron chi connectivity index (χ0n) is 25.4. The molecule has 0 radical (unpaired) electrons. The maximum absolute atomic E-state index is 6.50. The van der Waals surface area contributed by atoms with Crippen molar-refractivity contribution in [1.29, 1.82) is 0 Å². The normalized spacial score (nSPS) is 12.2. The van der Waals surface area contributed by atoms with Crippen LogP contribution in [0.4, 0.5) is 0 Å². The Morgan fingerprint density at radius 2 is 1.12 bits per heavy atom. The van der Waals surface area contributed by atoms with E-state index in [-0.39, 0.29) is 0 Å². The van der Waals surface area contributed by atoms with Gasteiger partial charge in [-0.3, -0.25) is 0 Å². The number of furan rings is 1. The summed E-state index contributed by atoms with van der Waals surface area (Å²) in [4.78, 5) is 15.8. The van der Waals surface area contributed by atoms with Crippen molar-refractivity contribution in [2.75, 3.05) is 0 Å². The van der Waals surface area contributed by atoms with Gasteiger partial charge in [0.05, 0.1) is 5.56 Å². The van der Waals surface area contributed by atoms with E-state index in [1.54, 1.807) is 0 Å². The summed E-state index contributed by atoms with van der Waals surface area (Å²) in [6, 6.07) is 48.9. The molecule has 1 aliphatic carbocycles. The van der Waals surface area contributed by atoms with Crippen LogP contribution in [-0.2, 0) is 0 Å². The first-order chi connectivity index (χ1) is 23.8. The van der Waals surface area contributed by atoms with E-state index >= 15 is 0 Å². The Kier molecular flexibility index (Phi) is 5.23. The molecule has 3 aromatic heterocycles. The van der Waals surface area contributed by atoms with Gasteiger partial charge in [-0.15, -0.1) is 11.3 Å². The van der Waals surface area contributed by atoms with E-state index in [2.05, 4.69) is 103 Å². The number of para-hydroxylation sites is 2. The predicted molar refractivity (Wildman–Crippen MR) is 198 cm³/mol. The molecule has 48 heavy (non-hydrogen) atoms. The summed E-state index contributed by atoms with van der Waals surface area (Å²) in [5.41, 5.74) is 9.30. The van der Waals surface area contributed by atoms with Gasteiger partial charge in [0.15, 0.2) is 17.5 Å². The summed E-state index contributed by atoms with van der Waals surface area (Å²) in [5, 5.41) is 7.02. The summed E-state index contributed by atoms with van der Waals surface area (Å²) in [7, 11) is 0. The Morgan fingerprint density at radius 3 is 2.02 bits per heavy atom. The van der Waals surface area contributed by atoms with Gasteiger partial charge in [0.1, 0.15) is 11.2 Å². The summed E-state index contributed by atoms with van der Waals surface area (Å²) in [6.07, 6.45) is 0. The van der Waals surface area contributed by atoms with Crippen molar-refractivity contribution in [2.45, 2.75) is 0 Å². The minimum absolute atomic E-state index is 0.586. The molecule has 0 spiro atoms. The van der Waals surface area contributed by atoms with Gasteiger partial charge in [-0.1, -0.05) is 115 Å². The van der Waals surface area contributed by atoms with Crippen LogP contribution in [0.25, 0.3) is 109 Å². The molecule has 222 valence electrons. The quantitative estimate of drug-likeness (QED) is 0.195. The number of aromatic nitrogens is 3. The minimum Gasteiger partial charge on any atom is -0.455 e. The molecule has 0 amide bonds. The van der Waals surface area contributed by atoms with E-state index < -0.39 is 0 Å². The van der Waals surface area contributed by atoms with Crippen LogP contribution in [0.15, 0.2) is 144 Å². The van der Waals surface area contributed by atoms with E-state index in [1.165, 1.54) is 53.2 Å². The minimum atomic E-state index is 0.586. The average molecular weight is 630 g/mol. The van der Waals surface area contributed by atoms with Crippen LogP contribution in [-0.4, -0.2) is 15.0 Å². The van der Waals surface area contributed by atoms with E-state index in [0.29, 0.717) is 17.5 Å². The average Bonchev–Trinajstić information content (AvgIpc) is 3.82. The lowest BCUT2D eigenvalue weighted by Crippen LogP contribution is -2.01. The van der Waals surface area contributed by atoms with Crippen LogP contribution in [0.2, 0.25) is 0 Å². The first-order valence-corrected chi connectivity index (χ1v) is 16.8. The fourth-order valence-corrected chi connectivity index (χ4v) is 8.78. The number of rotatable bonds is 3. The largest absolute Gasteiger partial charge is 0.455 e. The van der Waals surface area contributed by atoms with Gasteiger partial charge in [0, 0.05) is 47.6 Å². The Balaban J connectivity index is 1.30. The molecule has 0 N–H and O–H groups in total. The molecule has 0 saturated carbocycles. The third-order valence-corrected chi connectivity index (χ3v) is 10.8. The van der Waals surface area contributed by atoms with Gasteiger partial charge in [-0.25, -0.2) is 15.0 Å². The fraction of sp³-hybridized carbons (Fsp3) is 0. The molecule has 11 rings (SSSR count). The maximum atomic E-state index is 6.50. The second-order valence-corrected chi connectivity index (χ2v) is 13.4. The third kappa shape index (κ3) is 3.56. The topological polar surface area (TPSA) is 51.8 Å². The Morgan fingerprint density at radius 1 is 0.438 bits per heavy atom. The number of nitrogens with zero attached hydrogens (tertiary/aromatic N) is 3. The highest BCUT2D eigenvalue weighted by Gasteiger charge is 2.30. The molecule has 0 aliphatic heterocycles. The van der Waals surface area contributed by atoms with Gasteiger partial charge >= 0.3 is 0 Å². The van der Waals surface area contributed by atoms with Crippen LogP contribution < -0.4 is 0 Å². The standard InChI is InChI=1S/C43H23N3OS/c1-2-11-25(12-3-1)41-44-42(31-20-10-18-28-26-15-4-6-21-33(26)47-40(28)31)46-43(45-41)39-37-30-19-9-14-24-13-8-17-27(36(24)30)32(37)23-35-38(39)29-16-5-7-22-34(29)48-35/h1-23H. The lowest BCUT2D eigenvalue weighted by molar-refractivity contribution is 0.669. The number of benzene rings is 7. The molecule has 7 aromatic carbocycles. The molecule has 0 unspecified atom stereocenters. The highest BCUT2D eigenvalue weighted by atomic mass is 32.1. The highest BCUT2D eigenvalue weighted by Crippen LogP contribution is 2.55. The summed E-state index contributed by atoms with van der Waals surface area (Å²) in [6.45, 7) is 0. The molecule has 3 heterocycles. The zero-order chi connectivity index (χ0) is 31.3. The summed E-state index contributed by atoms with van der Waals surface area (Å²) >= 11 is 1.82. The van der Waals surface area contributed by atoms with Crippen molar-refractivity contribution in [3.05, 3.63) is 140 Å². The Hall–Kier alpha value is -6.17. The molecule has 0 fully saturated rings. The van der Waals surface area contributed by atoms with E-state index in [0.717, 1.165) is 38.6 Å². The van der Waals surface area contributed by atoms with Crippen molar-refractivity contribution >= 4 is 64.2 Å². The molecular weight excluding hydrogens is 607 g/mol. The van der Waals surface area contributed by atoms with Crippen LogP contribution in [0.3, 0.4) is 0 Å². The summed E-state index contributed by atoms with van der Waals surface area (Å²) in [5.74, 6) is 1.87. The van der Waals surface area contributed by atoms with Crippen molar-refractivity contribution in [2.24, 2.45) is 0 Å². The first-order valence-electron chi connectivity index (χ1n) is 16.0. The highest BCUT2D eigenvalue weighted by molar-refractivity contribution is 7.26. The Bertz CT molecular complexity index is 2950. The molecule has 1 aliphatic rings. The number of thiophene rings is 1. The predicted octanol–water partition coefficient (Wildman–Crippen LogP) is 11.9. The van der Waals surface area contributed by atoms with Crippen molar-refractivity contribution < 1.29 is 4.42 Å². The van der Waals surface area contributed by atoms with Crippen LogP contribution >= 0.6 is 11.3 Å². The monoisotopic (exact) mass is 629 g/mol. The van der Waals surface area contributed by atoms with Gasteiger partial charge in [0.25, 0.3) is 0 Å². The number of hydrogen-bond donors (Lipinski definition) is 0. The van der Waals surface area contributed by atoms with Gasteiger partial charge in [0.2, 0.25) is 0 Å². The SMILES string of the molecule is c1ccc(-c2nc(-c3cccc4c3oc3ccccc34)nc(-c3c4c(cc5sc6ccccc6c35)-c3cccc5cccc-4c35)n2)cc1. The smallest absolute Gasteiger partial charge is 0.167 e. The first kappa shape index (κ1) is 26.0. The van der Waals surface area contributed by atoms with E-state index in [9.17, 15) is 0 Å². The fourth-order valence-electron chi connectivity index (χ4n) is 7.62. The molecular formula is C43H23N3OS. The Labute approximate surface area is 278 Å². The molecule has 5 heteroatoms. The second kappa shape index (κ2) is 9.67. The van der Waals surface area contributed by atoms with Gasteiger partial charge in [-0.05, 0) is 51.7 Å². The molecule has 0 bridgehead atoms. The molecule has 10 aromatic rings. The van der Waals surface area contributed by atoms with Crippen LogP contribution in [0, 0.1) is 0 Å². The lowest BCUT2D eigenvalue weighted by atomic mass is 9.93. The maximum Gasteiger partial charge on any atom is 0.167 e. The van der Waals surface area contributed by atoms with E-state index in [1.807, 2.05) is 47.7 Å². The third-order valence-electron chi connectivity index (χ3n) is 9.67. The van der Waals surface area contributed by atoms with Crippen molar-refractivity contribution in [3.8, 4) is 56.4 Å². The summed E-state index contributed by atoms with van der Waals surface area (Å²) < 4.78 is 8.96. The van der Waals surface area contributed by atoms with E-state index in [4.69, 9.17) is 19.4 Å². The molecule has 0 atom stereocenters. The van der Waals surface area contributed by atoms with Crippen molar-refractivity contribution in [1.82, 2.24) is 15.0 Å². The lowest BCUT2D eigenvalue weighted by Gasteiger charge is -2.14.